The molecular weight excluding hydrogens is 356 g/mol. The number of carboxylic acid groups (broad SMARTS) is 1. The lowest BCUT2D eigenvalue weighted by Gasteiger charge is -2.22. The molecule has 144 valence electrons. The molecule has 1 atom stereocenters. The van der Waals surface area contributed by atoms with E-state index in [1.165, 1.54) is 0 Å². The maximum Gasteiger partial charge on any atom is 0.309 e. The molecule has 0 saturated carbocycles. The van der Waals surface area contributed by atoms with Crippen LogP contribution in [0, 0.1) is 5.92 Å². The zero-order valence-corrected chi connectivity index (χ0v) is 15.4. The van der Waals surface area contributed by atoms with Crippen molar-refractivity contribution in [1.29, 1.82) is 0 Å². The van der Waals surface area contributed by atoms with Gasteiger partial charge in [0.05, 0.1) is 18.2 Å². The van der Waals surface area contributed by atoms with Crippen molar-refractivity contribution < 1.29 is 14.6 Å². The molecule has 1 unspecified atom stereocenters. The molecule has 0 spiro atoms. The number of hydrogen-bond donors (Lipinski definition) is 1. The Labute approximate surface area is 163 Å². The molecule has 0 bridgehead atoms. The van der Waals surface area contributed by atoms with Gasteiger partial charge in [0.15, 0.2) is 0 Å². The third-order valence-electron chi connectivity index (χ3n) is 4.87. The number of pyridine rings is 1. The van der Waals surface area contributed by atoms with Crippen molar-refractivity contribution in [2.45, 2.75) is 26.2 Å². The van der Waals surface area contributed by atoms with Gasteiger partial charge in [-0.25, -0.2) is 0 Å². The molecule has 7 heteroatoms. The molecular formula is C21H22N4O3. The Kier molecular flexibility index (Phi) is 5.34. The topological polar surface area (TPSA) is 80.5 Å². The first-order valence-electron chi connectivity index (χ1n) is 9.24. The van der Waals surface area contributed by atoms with Crippen LogP contribution in [0.2, 0.25) is 0 Å². The monoisotopic (exact) mass is 378 g/mol. The van der Waals surface area contributed by atoms with Crippen molar-refractivity contribution in [3.8, 4) is 5.75 Å². The number of ether oxygens (including phenoxy) is 1. The van der Waals surface area contributed by atoms with Gasteiger partial charge in [-0.1, -0.05) is 18.2 Å². The van der Waals surface area contributed by atoms with Gasteiger partial charge in [-0.05, 0) is 29.8 Å². The van der Waals surface area contributed by atoms with Crippen LogP contribution in [0.5, 0.6) is 5.75 Å². The molecule has 1 aromatic carbocycles. The lowest BCUT2D eigenvalue weighted by Crippen LogP contribution is -2.31. The fraction of sp³-hybridized carbons (Fsp3) is 0.286. The predicted molar refractivity (Wildman–Crippen MR) is 102 cm³/mol. The van der Waals surface area contributed by atoms with Crippen molar-refractivity contribution in [3.05, 3.63) is 77.9 Å². The van der Waals surface area contributed by atoms with Crippen LogP contribution < -0.4 is 4.74 Å². The lowest BCUT2D eigenvalue weighted by atomic mass is 10.1. The highest BCUT2D eigenvalue weighted by atomic mass is 16.5. The SMILES string of the molecule is O=C(O)C1CN(Cc2ccc(OCc3cccnc3)cc2)Cc2ccnn2C1. The minimum Gasteiger partial charge on any atom is -0.489 e. The largest absolute Gasteiger partial charge is 0.489 e. The Morgan fingerprint density at radius 1 is 1.11 bits per heavy atom. The minimum atomic E-state index is -0.785. The smallest absolute Gasteiger partial charge is 0.309 e. The van der Waals surface area contributed by atoms with E-state index < -0.39 is 11.9 Å². The quantitative estimate of drug-likeness (QED) is 0.710. The first-order chi connectivity index (χ1) is 13.7. The van der Waals surface area contributed by atoms with Crippen LogP contribution in [-0.4, -0.2) is 37.3 Å². The van der Waals surface area contributed by atoms with E-state index in [0.29, 0.717) is 32.8 Å². The van der Waals surface area contributed by atoms with Gasteiger partial charge < -0.3 is 9.84 Å². The highest BCUT2D eigenvalue weighted by Gasteiger charge is 2.27. The zero-order valence-electron chi connectivity index (χ0n) is 15.4. The molecule has 28 heavy (non-hydrogen) atoms. The Hall–Kier alpha value is -3.19. The first-order valence-corrected chi connectivity index (χ1v) is 9.24. The molecule has 0 fully saturated rings. The van der Waals surface area contributed by atoms with Crippen molar-refractivity contribution >= 4 is 5.97 Å². The predicted octanol–water partition coefficient (Wildman–Crippen LogP) is 2.57. The van der Waals surface area contributed by atoms with Gasteiger partial charge in [0, 0.05) is 43.8 Å². The van der Waals surface area contributed by atoms with Crippen LogP contribution in [0.15, 0.2) is 61.1 Å². The van der Waals surface area contributed by atoms with Crippen LogP contribution in [0.4, 0.5) is 0 Å². The summed E-state index contributed by atoms with van der Waals surface area (Å²) in [4.78, 5) is 17.8. The van der Waals surface area contributed by atoms with Crippen molar-refractivity contribution in [1.82, 2.24) is 19.7 Å². The number of aromatic nitrogens is 3. The number of rotatable bonds is 6. The van der Waals surface area contributed by atoms with Gasteiger partial charge in [-0.15, -0.1) is 0 Å². The second-order valence-corrected chi connectivity index (χ2v) is 7.00. The number of aliphatic carboxylic acids is 1. The average molecular weight is 378 g/mol. The van der Waals surface area contributed by atoms with Crippen molar-refractivity contribution in [3.63, 3.8) is 0 Å². The third kappa shape index (κ3) is 4.37. The summed E-state index contributed by atoms with van der Waals surface area (Å²) in [6.45, 7) is 2.75. The highest BCUT2D eigenvalue weighted by Crippen LogP contribution is 2.20. The summed E-state index contributed by atoms with van der Waals surface area (Å²) >= 11 is 0. The summed E-state index contributed by atoms with van der Waals surface area (Å²) in [7, 11) is 0. The molecule has 7 nitrogen and oxygen atoms in total. The maximum absolute atomic E-state index is 11.6. The van der Waals surface area contributed by atoms with E-state index in [4.69, 9.17) is 4.74 Å². The van der Waals surface area contributed by atoms with E-state index in [-0.39, 0.29) is 0 Å². The fourth-order valence-corrected chi connectivity index (χ4v) is 3.41. The third-order valence-corrected chi connectivity index (χ3v) is 4.87. The van der Waals surface area contributed by atoms with E-state index in [1.807, 2.05) is 42.5 Å². The zero-order chi connectivity index (χ0) is 19.3. The second kappa shape index (κ2) is 8.22. The van der Waals surface area contributed by atoms with E-state index in [0.717, 1.165) is 22.6 Å². The van der Waals surface area contributed by atoms with Gasteiger partial charge in [0.25, 0.3) is 0 Å². The van der Waals surface area contributed by atoms with Gasteiger partial charge in [-0.3, -0.25) is 19.4 Å². The number of carbonyl (C=O) groups is 1. The summed E-state index contributed by atoms with van der Waals surface area (Å²) < 4.78 is 7.60. The Morgan fingerprint density at radius 2 is 1.96 bits per heavy atom. The van der Waals surface area contributed by atoms with Crippen LogP contribution in [0.25, 0.3) is 0 Å². The standard InChI is InChI=1S/C21H22N4O3/c26-21(27)18-12-24(14-19-7-9-23-25(19)13-18)11-16-3-5-20(6-4-16)28-15-17-2-1-8-22-10-17/h1-10,18H,11-15H2,(H,26,27). The molecule has 1 aliphatic rings. The van der Waals surface area contributed by atoms with E-state index in [2.05, 4.69) is 15.0 Å². The number of fused-ring (bicyclic) bond motifs is 1. The van der Waals surface area contributed by atoms with Crippen LogP contribution >= 0.6 is 0 Å². The molecule has 3 aromatic rings. The summed E-state index contributed by atoms with van der Waals surface area (Å²) in [5.41, 5.74) is 3.18. The number of hydrogen-bond acceptors (Lipinski definition) is 5. The Morgan fingerprint density at radius 3 is 2.71 bits per heavy atom. The molecule has 3 heterocycles. The molecule has 0 radical (unpaired) electrons. The maximum atomic E-state index is 11.6. The molecule has 0 amide bonds. The first kappa shape index (κ1) is 18.2. The summed E-state index contributed by atoms with van der Waals surface area (Å²) in [6.07, 6.45) is 5.26. The molecule has 1 N–H and O–H groups in total. The number of benzene rings is 1. The summed E-state index contributed by atoms with van der Waals surface area (Å²) in [5.74, 6) is -0.458. The minimum absolute atomic E-state index is 0.412. The number of nitrogens with zero attached hydrogens (tertiary/aromatic N) is 4. The molecule has 0 saturated heterocycles. The molecule has 4 rings (SSSR count). The van der Waals surface area contributed by atoms with Gasteiger partial charge in [0.2, 0.25) is 0 Å². The number of carboxylic acids is 1. The van der Waals surface area contributed by atoms with Crippen LogP contribution in [0.1, 0.15) is 16.8 Å². The fourth-order valence-electron chi connectivity index (χ4n) is 3.41. The summed E-state index contributed by atoms with van der Waals surface area (Å²) in [6, 6.07) is 13.8. The molecule has 1 aliphatic heterocycles. The van der Waals surface area contributed by atoms with Crippen LogP contribution in [-0.2, 0) is 31.0 Å². The molecule has 0 aliphatic carbocycles. The second-order valence-electron chi connectivity index (χ2n) is 7.00. The average Bonchev–Trinajstić information content (AvgIpc) is 3.06. The normalized spacial score (nSPS) is 16.9. The van der Waals surface area contributed by atoms with E-state index >= 15 is 0 Å². The van der Waals surface area contributed by atoms with E-state index in [1.54, 1.807) is 23.3 Å². The lowest BCUT2D eigenvalue weighted by molar-refractivity contribution is -0.142. The highest BCUT2D eigenvalue weighted by molar-refractivity contribution is 5.70. The van der Waals surface area contributed by atoms with Crippen LogP contribution in [0.3, 0.4) is 0 Å². The van der Waals surface area contributed by atoms with Gasteiger partial charge in [-0.2, -0.15) is 5.10 Å². The van der Waals surface area contributed by atoms with Gasteiger partial charge >= 0.3 is 5.97 Å². The van der Waals surface area contributed by atoms with E-state index in [9.17, 15) is 9.90 Å². The Balaban J connectivity index is 1.40. The van der Waals surface area contributed by atoms with Crippen molar-refractivity contribution in [2.24, 2.45) is 5.92 Å². The van der Waals surface area contributed by atoms with Crippen molar-refractivity contribution in [2.75, 3.05) is 6.54 Å². The Bertz CT molecular complexity index is 924. The molecule has 2 aromatic heterocycles. The van der Waals surface area contributed by atoms with Gasteiger partial charge in [0.1, 0.15) is 12.4 Å². The summed E-state index contributed by atoms with van der Waals surface area (Å²) in [5, 5.41) is 13.8.